The minimum absolute atomic E-state index is 0.155. The van der Waals surface area contributed by atoms with Gasteiger partial charge in [-0.15, -0.1) is 0 Å². The second-order valence-electron chi connectivity index (χ2n) is 3.30. The van der Waals surface area contributed by atoms with E-state index in [-0.39, 0.29) is 15.6 Å². The van der Waals surface area contributed by atoms with Gasteiger partial charge >= 0.3 is 13.3 Å². The van der Waals surface area contributed by atoms with Crippen LogP contribution in [0, 0.1) is 18.3 Å². The molecule has 0 bridgehead atoms. The molecule has 0 atom stereocenters. The van der Waals surface area contributed by atoms with Gasteiger partial charge < -0.3 is 9.79 Å². The maximum Gasteiger partial charge on any atom is 0.399 e. The van der Waals surface area contributed by atoms with E-state index in [0.29, 0.717) is 0 Å². The van der Waals surface area contributed by atoms with Crippen LogP contribution in [0.1, 0.15) is 16.7 Å². The van der Waals surface area contributed by atoms with Crippen LogP contribution in [0.25, 0.3) is 0 Å². The molecule has 0 heterocycles. The zero-order valence-corrected chi connectivity index (χ0v) is 11.0. The van der Waals surface area contributed by atoms with Gasteiger partial charge in [-0.3, -0.25) is 4.57 Å². The number of halogens is 3. The minimum Gasteiger partial charge on any atom is -0.320 e. The van der Waals surface area contributed by atoms with Crippen LogP contribution >= 0.6 is 23.5 Å². The van der Waals surface area contributed by atoms with Crippen molar-refractivity contribution in [2.45, 2.75) is 12.6 Å². The van der Waals surface area contributed by atoms with Crippen molar-refractivity contribution in [2.75, 3.05) is 0 Å². The van der Waals surface area contributed by atoms with Gasteiger partial charge in [-0.25, -0.2) is 0 Å². The summed E-state index contributed by atoms with van der Waals surface area (Å²) < 4.78 is 37.5. The summed E-state index contributed by atoms with van der Waals surface area (Å²) >= 11 is 2.83. The van der Waals surface area contributed by atoms with Gasteiger partial charge in [0.15, 0.2) is 0 Å². The number of hydrogen-bond donors (Lipinski definition) is 2. The van der Waals surface area contributed by atoms with E-state index in [1.54, 1.807) is 6.07 Å². The zero-order valence-electron chi connectivity index (χ0n) is 8.49. The van der Waals surface area contributed by atoms with E-state index in [2.05, 4.69) is 15.9 Å². The number of rotatable bonds is 2. The van der Waals surface area contributed by atoms with Crippen LogP contribution in [0.4, 0.5) is 8.78 Å². The number of alkyl halides is 2. The lowest BCUT2D eigenvalue weighted by atomic mass is 10.1. The number of benzene rings is 1. The lowest BCUT2D eigenvalue weighted by Gasteiger charge is -2.20. The summed E-state index contributed by atoms with van der Waals surface area (Å²) in [7, 11) is -5.61. The fraction of sp³-hybridized carbons (Fsp3) is 0.222. The lowest BCUT2D eigenvalue weighted by Crippen LogP contribution is -2.15. The van der Waals surface area contributed by atoms with Gasteiger partial charge in [0.2, 0.25) is 0 Å². The number of nitrogens with zero attached hydrogens (tertiary/aromatic N) is 1. The Bertz CT molecular complexity index is 550. The van der Waals surface area contributed by atoms with Crippen molar-refractivity contribution in [2.24, 2.45) is 0 Å². The third kappa shape index (κ3) is 2.40. The molecule has 0 radical (unpaired) electrons. The average Bonchev–Trinajstić information content (AvgIpc) is 2.20. The topological polar surface area (TPSA) is 81.3 Å². The summed E-state index contributed by atoms with van der Waals surface area (Å²) in [6.45, 7) is 1.40. The molecule has 0 aliphatic carbocycles. The van der Waals surface area contributed by atoms with Crippen molar-refractivity contribution in [1.82, 2.24) is 0 Å². The molecular weight excluding hydrogens is 319 g/mol. The zero-order chi connectivity index (χ0) is 13.4. The van der Waals surface area contributed by atoms with Crippen LogP contribution in [-0.4, -0.2) is 9.79 Å². The van der Waals surface area contributed by atoms with Gasteiger partial charge in [0, 0.05) is 10.0 Å². The summed E-state index contributed by atoms with van der Waals surface area (Å²) in [4.78, 5) is 17.2. The van der Waals surface area contributed by atoms with Crippen molar-refractivity contribution >= 4 is 23.5 Å². The van der Waals surface area contributed by atoms with Crippen molar-refractivity contribution in [3.63, 3.8) is 0 Å². The normalized spacial score (nSPS) is 12.3. The van der Waals surface area contributed by atoms with Crippen LogP contribution < -0.4 is 0 Å². The molecule has 0 unspecified atom stereocenters. The largest absolute Gasteiger partial charge is 0.399 e. The fourth-order valence-corrected chi connectivity index (χ4v) is 2.44. The molecule has 1 aromatic carbocycles. The monoisotopic (exact) mass is 325 g/mol. The van der Waals surface area contributed by atoms with Crippen LogP contribution in [0.2, 0.25) is 0 Å². The molecule has 17 heavy (non-hydrogen) atoms. The Balaban J connectivity index is 3.52. The second kappa shape index (κ2) is 4.46. The first-order valence-corrected chi connectivity index (χ1v) is 6.66. The molecule has 1 rings (SSSR count). The standard InChI is InChI=1S/C9H7BrF2NO3P/c1-5-6(4-13)2-3-7(8(5)10)9(11,12)17(14,15)16/h2-3H,1H3,(H2,14,15,16). The fourth-order valence-electron chi connectivity index (χ4n) is 1.20. The maximum absolute atomic E-state index is 13.5. The molecule has 8 heteroatoms. The van der Waals surface area contributed by atoms with Crippen LogP contribution in [-0.2, 0) is 10.2 Å². The highest BCUT2D eigenvalue weighted by atomic mass is 79.9. The van der Waals surface area contributed by atoms with E-state index in [1.807, 2.05) is 0 Å². The van der Waals surface area contributed by atoms with E-state index >= 15 is 0 Å². The van der Waals surface area contributed by atoms with Crippen molar-refractivity contribution < 1.29 is 23.1 Å². The molecule has 0 fully saturated rings. The van der Waals surface area contributed by atoms with Gasteiger partial charge in [-0.05, 0) is 40.5 Å². The smallest absolute Gasteiger partial charge is 0.320 e. The van der Waals surface area contributed by atoms with E-state index in [0.717, 1.165) is 12.1 Å². The van der Waals surface area contributed by atoms with Gasteiger partial charge in [0.25, 0.3) is 0 Å². The van der Waals surface area contributed by atoms with Crippen LogP contribution in [0.3, 0.4) is 0 Å². The summed E-state index contributed by atoms with van der Waals surface area (Å²) in [5.74, 6) is 0. The predicted octanol–water partition coefficient (Wildman–Crippen LogP) is 2.86. The third-order valence-corrected chi connectivity index (χ3v) is 4.19. The van der Waals surface area contributed by atoms with E-state index in [1.165, 1.54) is 6.92 Å². The number of hydrogen-bond acceptors (Lipinski definition) is 2. The maximum atomic E-state index is 13.5. The molecule has 2 N–H and O–H groups in total. The van der Waals surface area contributed by atoms with Crippen molar-refractivity contribution in [3.05, 3.63) is 33.3 Å². The van der Waals surface area contributed by atoms with Crippen LogP contribution in [0.5, 0.6) is 0 Å². The number of nitriles is 1. The summed E-state index contributed by atoms with van der Waals surface area (Å²) in [5, 5.41) is 8.68. The molecule has 0 amide bonds. The summed E-state index contributed by atoms with van der Waals surface area (Å²) in [6, 6.07) is 3.71. The van der Waals surface area contributed by atoms with Gasteiger partial charge in [-0.2, -0.15) is 14.0 Å². The minimum atomic E-state index is -5.61. The Morgan fingerprint density at radius 2 is 2.00 bits per heavy atom. The Morgan fingerprint density at radius 3 is 2.41 bits per heavy atom. The average molecular weight is 326 g/mol. The quantitative estimate of drug-likeness (QED) is 0.819. The first-order valence-electron chi connectivity index (χ1n) is 4.26. The lowest BCUT2D eigenvalue weighted by molar-refractivity contribution is 0.0556. The highest BCUT2D eigenvalue weighted by molar-refractivity contribution is 9.10. The highest BCUT2D eigenvalue weighted by Gasteiger charge is 2.51. The molecule has 0 saturated carbocycles. The Morgan fingerprint density at radius 1 is 1.47 bits per heavy atom. The van der Waals surface area contributed by atoms with Crippen molar-refractivity contribution in [1.29, 1.82) is 5.26 Å². The molecular formula is C9H7BrF2NO3P. The van der Waals surface area contributed by atoms with Crippen molar-refractivity contribution in [3.8, 4) is 6.07 Å². The molecule has 0 aliphatic rings. The SMILES string of the molecule is Cc1c(C#N)ccc(C(F)(F)P(=O)(O)O)c1Br. The molecule has 0 spiro atoms. The van der Waals surface area contributed by atoms with Gasteiger partial charge in [-0.1, -0.05) is 0 Å². The highest BCUT2D eigenvalue weighted by Crippen LogP contribution is 2.60. The Kier molecular flexibility index (Phi) is 3.75. The Labute approximate surface area is 104 Å². The second-order valence-corrected chi connectivity index (χ2v) is 5.74. The molecule has 0 aromatic heterocycles. The van der Waals surface area contributed by atoms with Gasteiger partial charge in [0.05, 0.1) is 11.6 Å². The van der Waals surface area contributed by atoms with Crippen LogP contribution in [0.15, 0.2) is 16.6 Å². The van der Waals surface area contributed by atoms with E-state index < -0.39 is 18.8 Å². The molecule has 1 aromatic rings. The summed E-state index contributed by atoms with van der Waals surface area (Å²) in [5.41, 5.74) is -4.76. The van der Waals surface area contributed by atoms with E-state index in [9.17, 15) is 13.3 Å². The first kappa shape index (κ1) is 14.3. The summed E-state index contributed by atoms with van der Waals surface area (Å²) in [6.07, 6.45) is 0. The predicted molar refractivity (Wildman–Crippen MR) is 59.5 cm³/mol. The first-order chi connectivity index (χ1) is 7.63. The molecule has 92 valence electrons. The third-order valence-electron chi connectivity index (χ3n) is 2.20. The molecule has 0 saturated heterocycles. The Hall–Kier alpha value is -0.800. The molecule has 0 aliphatic heterocycles. The van der Waals surface area contributed by atoms with Gasteiger partial charge in [0.1, 0.15) is 0 Å². The van der Waals surface area contributed by atoms with E-state index in [4.69, 9.17) is 15.0 Å². The molecule has 4 nitrogen and oxygen atoms in total.